The number of carbonyl (C=O) groups excluding carboxylic acids is 4. The van der Waals surface area contributed by atoms with Gasteiger partial charge in [-0.05, 0) is 72.9 Å². The first-order valence-electron chi connectivity index (χ1n) is 17.9. The van der Waals surface area contributed by atoms with Crippen LogP contribution in [0.4, 0.5) is 19.3 Å². The van der Waals surface area contributed by atoms with Crippen LogP contribution in [0.15, 0.2) is 66.9 Å². The third kappa shape index (κ3) is 10.3. The maximum atomic E-state index is 14.0. The van der Waals surface area contributed by atoms with Gasteiger partial charge in [-0.25, -0.2) is 13.6 Å². The van der Waals surface area contributed by atoms with Gasteiger partial charge in [0.1, 0.15) is 17.0 Å². The van der Waals surface area contributed by atoms with Crippen molar-refractivity contribution in [1.82, 2.24) is 34.9 Å². The summed E-state index contributed by atoms with van der Waals surface area (Å²) in [7, 11) is 1.63. The maximum Gasteiger partial charge on any atom is 0.315 e. The van der Waals surface area contributed by atoms with Crippen molar-refractivity contribution in [2.75, 3.05) is 31.5 Å². The molecule has 0 unspecified atom stereocenters. The number of amides is 5. The van der Waals surface area contributed by atoms with Gasteiger partial charge < -0.3 is 20.9 Å². The fourth-order valence-corrected chi connectivity index (χ4v) is 7.64. The quantitative estimate of drug-likeness (QED) is 0.192. The van der Waals surface area contributed by atoms with Crippen LogP contribution in [0.25, 0.3) is 0 Å². The van der Waals surface area contributed by atoms with E-state index in [0.717, 1.165) is 50.0 Å². The molecule has 12 nitrogen and oxygen atoms in total. The Morgan fingerprint density at radius 3 is 2.23 bits per heavy atom. The third-order valence-electron chi connectivity index (χ3n) is 9.89. The van der Waals surface area contributed by atoms with Crippen LogP contribution in [0, 0.1) is 5.92 Å². The number of halogens is 2. The molecule has 3 aromatic rings. The van der Waals surface area contributed by atoms with E-state index < -0.39 is 29.0 Å². The molecular weight excluding hydrogens is 691 g/mol. The van der Waals surface area contributed by atoms with Gasteiger partial charge in [0.15, 0.2) is 0 Å². The highest BCUT2D eigenvalue weighted by Crippen LogP contribution is 2.40. The lowest BCUT2D eigenvalue weighted by atomic mass is 9.84. The van der Waals surface area contributed by atoms with E-state index in [-0.39, 0.29) is 56.0 Å². The molecule has 2 atom stereocenters. The van der Waals surface area contributed by atoms with Crippen LogP contribution in [0.5, 0.6) is 0 Å². The number of aromatic nitrogens is 2. The van der Waals surface area contributed by atoms with Gasteiger partial charge in [-0.15, -0.1) is 0 Å². The summed E-state index contributed by atoms with van der Waals surface area (Å²) < 4.78 is 32.1. The Hall–Kier alpha value is -4.50. The Bertz CT molecular complexity index is 1690. The number of benzene rings is 2. The SMILES string of the molecule is Cn1nccc1C(=O)NS[C@H](C(=O)Nc1ccc(C[C@@H](NC(=O)NC2CC2)C(=O)N2CCN(Cc3ccccc3)CC2)cc1)C1CCC(F)(F)CC1. The van der Waals surface area contributed by atoms with Crippen LogP contribution in [0.1, 0.15) is 60.1 Å². The highest BCUT2D eigenvalue weighted by molar-refractivity contribution is 7.99. The minimum Gasteiger partial charge on any atom is -0.338 e. The Morgan fingerprint density at radius 1 is 0.904 bits per heavy atom. The first-order valence-corrected chi connectivity index (χ1v) is 18.7. The van der Waals surface area contributed by atoms with Gasteiger partial charge in [-0.1, -0.05) is 42.5 Å². The van der Waals surface area contributed by atoms with Crippen LogP contribution < -0.4 is 20.7 Å². The normalized spacial score (nSPS) is 18.9. The molecule has 0 bridgehead atoms. The Kier molecular flexibility index (Phi) is 12.1. The predicted molar refractivity (Wildman–Crippen MR) is 195 cm³/mol. The number of anilines is 1. The van der Waals surface area contributed by atoms with E-state index >= 15 is 0 Å². The molecule has 0 spiro atoms. The molecule has 15 heteroatoms. The van der Waals surface area contributed by atoms with Gasteiger partial charge >= 0.3 is 6.03 Å². The molecule has 5 amide bonds. The van der Waals surface area contributed by atoms with Crippen molar-refractivity contribution in [3.8, 4) is 0 Å². The first kappa shape index (κ1) is 37.3. The minimum atomic E-state index is -2.76. The van der Waals surface area contributed by atoms with Gasteiger partial charge in [0.2, 0.25) is 17.7 Å². The lowest BCUT2D eigenvalue weighted by Crippen LogP contribution is -2.56. The van der Waals surface area contributed by atoms with Gasteiger partial charge in [0.05, 0.1) is 0 Å². The second-order valence-electron chi connectivity index (χ2n) is 13.9. The topological polar surface area (TPSA) is 141 Å². The van der Waals surface area contributed by atoms with Gasteiger partial charge in [0.25, 0.3) is 5.91 Å². The van der Waals surface area contributed by atoms with E-state index in [4.69, 9.17) is 0 Å². The Balaban J connectivity index is 1.08. The second-order valence-corrected chi connectivity index (χ2v) is 14.9. The average molecular weight is 737 g/mol. The molecule has 2 heterocycles. The van der Waals surface area contributed by atoms with Crippen LogP contribution in [0.3, 0.4) is 0 Å². The number of hydrogen-bond donors (Lipinski definition) is 4. The highest BCUT2D eigenvalue weighted by Gasteiger charge is 2.40. The molecule has 1 aromatic heterocycles. The molecule has 52 heavy (non-hydrogen) atoms. The molecule has 1 aliphatic heterocycles. The first-order chi connectivity index (χ1) is 25.0. The number of aryl methyl sites for hydroxylation is 1. The number of hydrogen-bond acceptors (Lipinski definition) is 7. The number of urea groups is 1. The van der Waals surface area contributed by atoms with Crippen molar-refractivity contribution < 1.29 is 28.0 Å². The zero-order valence-corrected chi connectivity index (χ0v) is 30.0. The third-order valence-corrected chi connectivity index (χ3v) is 11.0. The molecular formula is C37H46F2N8O4S. The number of nitrogens with zero attached hydrogens (tertiary/aromatic N) is 4. The summed E-state index contributed by atoms with van der Waals surface area (Å²) in [5.41, 5.74) is 2.79. The standard InChI is InChI=1S/C37H46F2N8O4S/c1-45-31(15-18-40-45)33(48)44-52-32(27-13-16-37(38,39)17-14-27)34(49)41-28-9-7-25(8-10-28)23-30(43-36(51)42-29-11-12-29)35(50)47-21-19-46(20-22-47)24-26-5-3-2-4-6-26/h2-10,15,18,27,29-30,32H,11-14,16-17,19-24H2,1H3,(H,41,49)(H,44,48)(H2,42,43,51)/t30-,32+/m1/s1. The maximum absolute atomic E-state index is 14.0. The van der Waals surface area contributed by atoms with E-state index in [9.17, 15) is 28.0 Å². The summed E-state index contributed by atoms with van der Waals surface area (Å²) in [4.78, 5) is 57.1. The minimum absolute atomic E-state index is 0.135. The lowest BCUT2D eigenvalue weighted by molar-refractivity contribution is -0.135. The van der Waals surface area contributed by atoms with E-state index in [1.807, 2.05) is 23.1 Å². The summed E-state index contributed by atoms with van der Waals surface area (Å²) in [5.74, 6) is -4.12. The van der Waals surface area contributed by atoms with Gasteiger partial charge in [0, 0.05) is 77.0 Å². The van der Waals surface area contributed by atoms with Crippen LogP contribution in [-0.2, 0) is 29.6 Å². The number of alkyl halides is 2. The Morgan fingerprint density at radius 2 is 1.60 bits per heavy atom. The van der Waals surface area contributed by atoms with Crippen molar-refractivity contribution in [2.45, 2.75) is 74.7 Å². The highest BCUT2D eigenvalue weighted by atomic mass is 32.2. The molecule has 278 valence electrons. The van der Waals surface area contributed by atoms with Gasteiger partial charge in [-0.2, -0.15) is 5.10 Å². The monoisotopic (exact) mass is 736 g/mol. The lowest BCUT2D eigenvalue weighted by Gasteiger charge is -2.36. The molecule has 2 aliphatic carbocycles. The van der Waals surface area contributed by atoms with Crippen LogP contribution in [0.2, 0.25) is 0 Å². The fraction of sp³-hybridized carbons (Fsp3) is 0.486. The smallest absolute Gasteiger partial charge is 0.315 e. The fourth-order valence-electron chi connectivity index (χ4n) is 6.67. The van der Waals surface area contributed by atoms with E-state index in [1.54, 1.807) is 37.4 Å². The molecule has 3 fully saturated rings. The molecule has 2 aromatic carbocycles. The number of carbonyl (C=O) groups is 4. The zero-order chi connectivity index (χ0) is 36.7. The van der Waals surface area contributed by atoms with E-state index in [0.29, 0.717) is 24.5 Å². The Labute approximate surface area is 306 Å². The van der Waals surface area contributed by atoms with E-state index in [1.165, 1.54) is 16.4 Å². The van der Waals surface area contributed by atoms with Crippen LogP contribution >= 0.6 is 11.9 Å². The van der Waals surface area contributed by atoms with Crippen molar-refractivity contribution in [3.05, 3.63) is 83.7 Å². The van der Waals surface area contributed by atoms with E-state index in [2.05, 4.69) is 42.8 Å². The number of piperazine rings is 1. The van der Waals surface area contributed by atoms with Crippen molar-refractivity contribution in [2.24, 2.45) is 13.0 Å². The summed E-state index contributed by atoms with van der Waals surface area (Å²) in [5, 5.41) is 11.9. The summed E-state index contributed by atoms with van der Waals surface area (Å²) in [6, 6.07) is 17.8. The average Bonchev–Trinajstić information content (AvgIpc) is 3.84. The summed E-state index contributed by atoms with van der Waals surface area (Å²) >= 11 is 0.924. The largest absolute Gasteiger partial charge is 0.338 e. The molecule has 2 saturated carbocycles. The molecule has 1 saturated heterocycles. The van der Waals surface area contributed by atoms with Crippen molar-refractivity contribution >= 4 is 41.4 Å². The molecule has 6 rings (SSSR count). The second kappa shape index (κ2) is 16.9. The number of rotatable bonds is 13. The van der Waals surface area contributed by atoms with Gasteiger partial charge in [-0.3, -0.25) is 28.7 Å². The van der Waals surface area contributed by atoms with Crippen LogP contribution in [-0.4, -0.2) is 92.8 Å². The molecule has 4 N–H and O–H groups in total. The van der Waals surface area contributed by atoms with Crippen molar-refractivity contribution in [3.63, 3.8) is 0 Å². The molecule has 3 aliphatic rings. The summed E-state index contributed by atoms with van der Waals surface area (Å²) in [6.45, 7) is 3.38. The number of nitrogens with one attached hydrogen (secondary N) is 4. The van der Waals surface area contributed by atoms with Crippen molar-refractivity contribution in [1.29, 1.82) is 0 Å². The molecule has 0 radical (unpaired) electrons. The zero-order valence-electron chi connectivity index (χ0n) is 29.2. The summed E-state index contributed by atoms with van der Waals surface area (Å²) in [6.07, 6.45) is 3.25. The predicted octanol–water partition coefficient (Wildman–Crippen LogP) is 4.35.